The molecule has 1 aromatic rings. The maximum atomic E-state index is 10.8. The largest absolute Gasteiger partial charge is 0.481 e. The Balaban J connectivity index is 2.13. The van der Waals surface area contributed by atoms with Gasteiger partial charge in [0.2, 0.25) is 0 Å². The van der Waals surface area contributed by atoms with Gasteiger partial charge in [0, 0.05) is 19.0 Å². The SMILES string of the molecule is CCCc1nnc(SCC(=O)O)n1CC1CCCN1CC. The Bertz CT molecular complexity index is 478. The first-order valence-electron chi connectivity index (χ1n) is 7.66. The molecule has 1 N–H and O–H groups in total. The summed E-state index contributed by atoms with van der Waals surface area (Å²) in [7, 11) is 0. The monoisotopic (exact) mass is 312 g/mol. The molecule has 7 heteroatoms. The summed E-state index contributed by atoms with van der Waals surface area (Å²) in [5, 5.41) is 18.0. The topological polar surface area (TPSA) is 71.2 Å². The Morgan fingerprint density at radius 1 is 1.43 bits per heavy atom. The average molecular weight is 312 g/mol. The minimum absolute atomic E-state index is 0.0341. The number of likely N-dealkylation sites (N-methyl/N-ethyl adjacent to an activating group) is 1. The van der Waals surface area contributed by atoms with E-state index in [2.05, 4.69) is 33.5 Å². The molecule has 0 radical (unpaired) electrons. The molecule has 1 aliphatic heterocycles. The van der Waals surface area contributed by atoms with Gasteiger partial charge in [0.05, 0.1) is 5.75 Å². The van der Waals surface area contributed by atoms with E-state index in [0.29, 0.717) is 6.04 Å². The van der Waals surface area contributed by atoms with Gasteiger partial charge in [-0.05, 0) is 32.4 Å². The van der Waals surface area contributed by atoms with Crippen LogP contribution in [-0.4, -0.2) is 55.6 Å². The molecule has 21 heavy (non-hydrogen) atoms. The summed E-state index contributed by atoms with van der Waals surface area (Å²) in [6.07, 6.45) is 4.34. The summed E-state index contributed by atoms with van der Waals surface area (Å²) in [5.41, 5.74) is 0. The van der Waals surface area contributed by atoms with Crippen LogP contribution in [0.4, 0.5) is 0 Å². The van der Waals surface area contributed by atoms with Gasteiger partial charge in [0.25, 0.3) is 0 Å². The van der Waals surface area contributed by atoms with Crippen molar-refractivity contribution in [2.24, 2.45) is 0 Å². The van der Waals surface area contributed by atoms with Crippen LogP contribution in [-0.2, 0) is 17.8 Å². The number of hydrogen-bond acceptors (Lipinski definition) is 5. The lowest BCUT2D eigenvalue weighted by Gasteiger charge is -2.24. The summed E-state index contributed by atoms with van der Waals surface area (Å²) >= 11 is 1.27. The van der Waals surface area contributed by atoms with Crippen molar-refractivity contribution < 1.29 is 9.90 Å². The van der Waals surface area contributed by atoms with Crippen LogP contribution in [0.1, 0.15) is 38.9 Å². The predicted molar refractivity (Wildman–Crippen MR) is 82.6 cm³/mol. The standard InChI is InChI=1S/C14H24N4O2S/c1-3-6-12-15-16-14(21-10-13(19)20)18(12)9-11-7-5-8-17(11)4-2/h11H,3-10H2,1-2H3,(H,19,20). The molecular weight excluding hydrogens is 288 g/mol. The lowest BCUT2D eigenvalue weighted by Crippen LogP contribution is -2.33. The summed E-state index contributed by atoms with van der Waals surface area (Å²) < 4.78 is 2.13. The number of aromatic nitrogens is 3. The lowest BCUT2D eigenvalue weighted by molar-refractivity contribution is -0.133. The maximum absolute atomic E-state index is 10.8. The van der Waals surface area contributed by atoms with Gasteiger partial charge >= 0.3 is 5.97 Å². The molecule has 2 heterocycles. The Morgan fingerprint density at radius 3 is 2.90 bits per heavy atom. The van der Waals surface area contributed by atoms with Crippen LogP contribution in [0.25, 0.3) is 0 Å². The molecule has 1 aliphatic rings. The van der Waals surface area contributed by atoms with E-state index >= 15 is 0 Å². The van der Waals surface area contributed by atoms with Gasteiger partial charge in [-0.2, -0.15) is 0 Å². The number of hydrogen-bond donors (Lipinski definition) is 1. The molecule has 1 fully saturated rings. The fourth-order valence-electron chi connectivity index (χ4n) is 2.87. The van der Waals surface area contributed by atoms with Crippen molar-refractivity contribution in [1.82, 2.24) is 19.7 Å². The van der Waals surface area contributed by atoms with Gasteiger partial charge < -0.3 is 9.67 Å². The molecule has 0 aliphatic carbocycles. The third-order valence-corrected chi connectivity index (χ3v) is 4.84. The van der Waals surface area contributed by atoms with Crippen LogP contribution in [0.5, 0.6) is 0 Å². The highest BCUT2D eigenvalue weighted by Gasteiger charge is 2.25. The second kappa shape index (κ2) is 7.79. The molecule has 0 aromatic carbocycles. The van der Waals surface area contributed by atoms with Crippen molar-refractivity contribution in [3.63, 3.8) is 0 Å². The summed E-state index contributed by atoms with van der Waals surface area (Å²) in [6.45, 7) is 7.41. The van der Waals surface area contributed by atoms with Crippen molar-refractivity contribution in [2.75, 3.05) is 18.8 Å². The first-order chi connectivity index (χ1) is 10.2. The first-order valence-corrected chi connectivity index (χ1v) is 8.65. The maximum Gasteiger partial charge on any atom is 0.313 e. The van der Waals surface area contributed by atoms with Crippen molar-refractivity contribution in [1.29, 1.82) is 0 Å². The Morgan fingerprint density at radius 2 is 2.24 bits per heavy atom. The third kappa shape index (κ3) is 4.20. The number of thioether (sulfide) groups is 1. The Kier molecular flexibility index (Phi) is 6.05. The van der Waals surface area contributed by atoms with Gasteiger partial charge in [-0.25, -0.2) is 0 Å². The van der Waals surface area contributed by atoms with Crippen LogP contribution < -0.4 is 0 Å². The molecule has 0 amide bonds. The first kappa shape index (κ1) is 16.3. The number of aliphatic carboxylic acids is 1. The quantitative estimate of drug-likeness (QED) is 0.739. The number of rotatable bonds is 8. The van der Waals surface area contributed by atoms with Crippen molar-refractivity contribution in [3.8, 4) is 0 Å². The van der Waals surface area contributed by atoms with Gasteiger partial charge in [-0.15, -0.1) is 10.2 Å². The number of likely N-dealkylation sites (tertiary alicyclic amines) is 1. The van der Waals surface area contributed by atoms with E-state index < -0.39 is 5.97 Å². The van der Waals surface area contributed by atoms with E-state index in [1.807, 2.05) is 0 Å². The smallest absolute Gasteiger partial charge is 0.313 e. The molecule has 0 bridgehead atoms. The Labute approximate surface area is 129 Å². The van der Waals surface area contributed by atoms with E-state index in [0.717, 1.165) is 43.5 Å². The summed E-state index contributed by atoms with van der Waals surface area (Å²) in [5.74, 6) is 0.197. The minimum atomic E-state index is -0.817. The van der Waals surface area contributed by atoms with E-state index in [4.69, 9.17) is 5.11 Å². The fraction of sp³-hybridized carbons (Fsp3) is 0.786. The molecule has 118 valence electrons. The van der Waals surface area contributed by atoms with Gasteiger partial charge in [0.15, 0.2) is 5.16 Å². The molecule has 0 spiro atoms. The number of aryl methyl sites for hydroxylation is 1. The predicted octanol–water partition coefficient (Wildman–Crippen LogP) is 1.89. The van der Waals surface area contributed by atoms with Crippen molar-refractivity contribution in [3.05, 3.63) is 5.82 Å². The highest BCUT2D eigenvalue weighted by molar-refractivity contribution is 7.99. The van der Waals surface area contributed by atoms with Crippen LogP contribution in [0.2, 0.25) is 0 Å². The van der Waals surface area contributed by atoms with Crippen LogP contribution in [0.15, 0.2) is 5.16 Å². The second-order valence-electron chi connectivity index (χ2n) is 5.37. The molecule has 2 rings (SSSR count). The summed E-state index contributed by atoms with van der Waals surface area (Å²) in [4.78, 5) is 13.3. The molecular formula is C14H24N4O2S. The van der Waals surface area contributed by atoms with Crippen LogP contribution >= 0.6 is 11.8 Å². The molecule has 6 nitrogen and oxygen atoms in total. The number of carbonyl (C=O) groups is 1. The van der Waals surface area contributed by atoms with Gasteiger partial charge in [0.1, 0.15) is 5.82 Å². The van der Waals surface area contributed by atoms with Gasteiger partial charge in [-0.1, -0.05) is 25.6 Å². The molecule has 1 atom stereocenters. The third-order valence-electron chi connectivity index (χ3n) is 3.89. The van der Waals surface area contributed by atoms with E-state index in [1.165, 1.54) is 24.6 Å². The number of carboxylic acid groups (broad SMARTS) is 1. The van der Waals surface area contributed by atoms with E-state index in [1.54, 1.807) is 0 Å². The van der Waals surface area contributed by atoms with Crippen LogP contribution in [0.3, 0.4) is 0 Å². The minimum Gasteiger partial charge on any atom is -0.481 e. The zero-order valence-corrected chi connectivity index (χ0v) is 13.6. The Hall–Kier alpha value is -1.08. The molecule has 1 aromatic heterocycles. The van der Waals surface area contributed by atoms with Gasteiger partial charge in [-0.3, -0.25) is 9.69 Å². The zero-order chi connectivity index (χ0) is 15.2. The highest BCUT2D eigenvalue weighted by Crippen LogP contribution is 2.23. The molecule has 0 saturated carbocycles. The highest BCUT2D eigenvalue weighted by atomic mass is 32.2. The number of nitrogens with zero attached hydrogens (tertiary/aromatic N) is 4. The van der Waals surface area contributed by atoms with Crippen molar-refractivity contribution in [2.45, 2.75) is 57.3 Å². The molecule has 1 unspecified atom stereocenters. The number of carboxylic acids is 1. The lowest BCUT2D eigenvalue weighted by atomic mass is 10.2. The van der Waals surface area contributed by atoms with Crippen molar-refractivity contribution >= 4 is 17.7 Å². The average Bonchev–Trinajstić information content (AvgIpc) is 3.05. The van der Waals surface area contributed by atoms with Crippen LogP contribution in [0, 0.1) is 0 Å². The van der Waals surface area contributed by atoms with E-state index in [-0.39, 0.29) is 5.75 Å². The second-order valence-corrected chi connectivity index (χ2v) is 6.31. The zero-order valence-electron chi connectivity index (χ0n) is 12.8. The summed E-state index contributed by atoms with van der Waals surface area (Å²) in [6, 6.07) is 0.519. The van der Waals surface area contributed by atoms with E-state index in [9.17, 15) is 4.79 Å². The molecule has 1 saturated heterocycles. The normalized spacial score (nSPS) is 19.2. The fourth-order valence-corrected chi connectivity index (χ4v) is 3.56.